The highest BCUT2D eigenvalue weighted by Gasteiger charge is 2.36. The summed E-state index contributed by atoms with van der Waals surface area (Å²) in [4.78, 5) is 18.2. The van der Waals surface area contributed by atoms with Crippen LogP contribution in [0, 0.1) is 5.95 Å². The van der Waals surface area contributed by atoms with Gasteiger partial charge in [0.1, 0.15) is 29.0 Å². The summed E-state index contributed by atoms with van der Waals surface area (Å²) in [5.41, 5.74) is 7.19. The van der Waals surface area contributed by atoms with Crippen LogP contribution in [-0.2, 0) is 14.8 Å². The van der Waals surface area contributed by atoms with E-state index in [0.29, 0.717) is 21.9 Å². The van der Waals surface area contributed by atoms with E-state index in [1.54, 1.807) is 42.5 Å². The highest BCUT2D eigenvalue weighted by Crippen LogP contribution is 2.32. The number of ether oxygens (including phenoxy) is 2. The number of carbonyl (C=O) groups excluding carboxylic acids is 1. The molecule has 2 aromatic carbocycles. The molecule has 5 rings (SSSR count). The van der Waals surface area contributed by atoms with Gasteiger partial charge in [-0.3, -0.25) is 4.79 Å². The van der Waals surface area contributed by atoms with Gasteiger partial charge in [-0.05, 0) is 47.5 Å². The Hall–Kier alpha value is -3.51. The Labute approximate surface area is 217 Å². The number of halogens is 2. The average molecular weight is 545 g/mol. The van der Waals surface area contributed by atoms with Crippen LogP contribution >= 0.6 is 11.6 Å². The van der Waals surface area contributed by atoms with Gasteiger partial charge in [-0.2, -0.15) is 8.70 Å². The zero-order valence-electron chi connectivity index (χ0n) is 19.4. The Morgan fingerprint density at radius 1 is 1.19 bits per heavy atom. The first-order valence-electron chi connectivity index (χ1n) is 11.3. The van der Waals surface area contributed by atoms with E-state index in [0.717, 1.165) is 5.56 Å². The summed E-state index contributed by atoms with van der Waals surface area (Å²) in [6, 6.07) is 14.8. The van der Waals surface area contributed by atoms with Crippen molar-refractivity contribution >= 4 is 38.4 Å². The first-order valence-corrected chi connectivity index (χ1v) is 13.1. The van der Waals surface area contributed by atoms with Crippen molar-refractivity contribution in [3.05, 3.63) is 77.5 Å². The lowest BCUT2D eigenvalue weighted by molar-refractivity contribution is -0.0249. The Bertz CT molecular complexity index is 1580. The lowest BCUT2D eigenvalue weighted by Crippen LogP contribution is -2.47. The summed E-state index contributed by atoms with van der Waals surface area (Å²) in [5, 5.41) is 0.613. The van der Waals surface area contributed by atoms with Crippen molar-refractivity contribution in [1.82, 2.24) is 14.3 Å². The molecule has 3 heterocycles. The SMILES string of the molecule is NC(=O)c1[nH]c2ccc(Cl)cc2c1S(=O)(=O)N1CCO[C@H](COc2ccc(-c3ccnc(F)c3)cc2)C1. The van der Waals surface area contributed by atoms with E-state index < -0.39 is 28.0 Å². The second kappa shape index (κ2) is 10.1. The second-order valence-electron chi connectivity index (χ2n) is 8.44. The minimum absolute atomic E-state index is 0.0160. The standard InChI is InChI=1S/C25H22ClFN4O5S/c26-17-3-6-21-20(12-17)24(23(30-21)25(28)32)37(33,34)31-9-10-35-19(13-31)14-36-18-4-1-15(2-5-18)16-7-8-29-22(27)11-16/h1-8,11-12,19,30H,9-10,13-14H2,(H2,28,32)/t19-/m0/s1. The van der Waals surface area contributed by atoms with Crippen LogP contribution in [0.2, 0.25) is 5.02 Å². The van der Waals surface area contributed by atoms with Gasteiger partial charge in [-0.1, -0.05) is 23.7 Å². The van der Waals surface area contributed by atoms with E-state index in [1.165, 1.54) is 22.6 Å². The number of pyridine rings is 1. The number of aromatic nitrogens is 2. The van der Waals surface area contributed by atoms with Gasteiger partial charge >= 0.3 is 0 Å². The number of hydrogen-bond acceptors (Lipinski definition) is 6. The maximum Gasteiger partial charge on any atom is 0.266 e. The number of benzene rings is 2. The summed E-state index contributed by atoms with van der Waals surface area (Å²) in [6.45, 7) is 0.357. The molecule has 0 bridgehead atoms. The van der Waals surface area contributed by atoms with Gasteiger partial charge in [-0.15, -0.1) is 0 Å². The number of nitrogens with one attached hydrogen (secondary N) is 1. The molecule has 0 aliphatic carbocycles. The monoisotopic (exact) mass is 544 g/mol. The lowest BCUT2D eigenvalue weighted by atomic mass is 10.1. The van der Waals surface area contributed by atoms with Gasteiger partial charge in [0.2, 0.25) is 16.0 Å². The quantitative estimate of drug-likeness (QED) is 0.342. The first-order chi connectivity index (χ1) is 17.7. The summed E-state index contributed by atoms with van der Waals surface area (Å²) < 4.78 is 53.5. The molecular weight excluding hydrogens is 523 g/mol. The summed E-state index contributed by atoms with van der Waals surface area (Å²) in [7, 11) is -4.12. The lowest BCUT2D eigenvalue weighted by Gasteiger charge is -2.32. The minimum atomic E-state index is -4.12. The predicted molar refractivity (Wildman–Crippen MR) is 135 cm³/mol. The molecule has 1 atom stereocenters. The van der Waals surface area contributed by atoms with E-state index in [4.69, 9.17) is 26.8 Å². The van der Waals surface area contributed by atoms with E-state index in [2.05, 4.69) is 9.97 Å². The first kappa shape index (κ1) is 25.2. The molecule has 1 amide bonds. The van der Waals surface area contributed by atoms with Crippen molar-refractivity contribution in [2.75, 3.05) is 26.3 Å². The van der Waals surface area contributed by atoms with E-state index in [9.17, 15) is 17.6 Å². The molecule has 0 spiro atoms. The number of rotatable bonds is 7. The predicted octanol–water partition coefficient (Wildman–Crippen LogP) is 3.59. The van der Waals surface area contributed by atoms with E-state index in [1.807, 2.05) is 0 Å². The van der Waals surface area contributed by atoms with Gasteiger partial charge in [0, 0.05) is 41.3 Å². The molecule has 12 heteroatoms. The number of nitrogens with two attached hydrogens (primary N) is 1. The Morgan fingerprint density at radius 3 is 2.70 bits per heavy atom. The number of aromatic amines is 1. The fourth-order valence-corrected chi connectivity index (χ4v) is 6.20. The fourth-order valence-electron chi connectivity index (χ4n) is 4.24. The molecule has 0 radical (unpaired) electrons. The number of hydrogen-bond donors (Lipinski definition) is 2. The zero-order chi connectivity index (χ0) is 26.2. The summed E-state index contributed by atoms with van der Waals surface area (Å²) in [5.74, 6) is -0.911. The molecule has 1 aliphatic heterocycles. The van der Waals surface area contributed by atoms with Crippen LogP contribution in [0.3, 0.4) is 0 Å². The average Bonchev–Trinajstić information content (AvgIpc) is 3.28. The number of sulfonamides is 1. The number of primary amides is 1. The zero-order valence-corrected chi connectivity index (χ0v) is 20.9. The largest absolute Gasteiger partial charge is 0.491 e. The normalized spacial score (nSPS) is 16.6. The summed E-state index contributed by atoms with van der Waals surface area (Å²) in [6.07, 6.45) is 0.843. The maximum atomic E-state index is 13.6. The molecule has 1 saturated heterocycles. The molecule has 0 saturated carbocycles. The molecule has 0 unspecified atom stereocenters. The van der Waals surface area contributed by atoms with Crippen LogP contribution in [0.25, 0.3) is 22.0 Å². The number of H-pyrrole nitrogens is 1. The number of carbonyl (C=O) groups is 1. The Morgan fingerprint density at radius 2 is 1.97 bits per heavy atom. The van der Waals surface area contributed by atoms with E-state index >= 15 is 0 Å². The molecule has 4 aromatic rings. The molecule has 192 valence electrons. The Kier molecular flexibility index (Phi) is 6.86. The van der Waals surface area contributed by atoms with Crippen molar-refractivity contribution in [2.45, 2.75) is 11.0 Å². The van der Waals surface area contributed by atoms with Gasteiger partial charge in [0.25, 0.3) is 5.91 Å². The maximum absolute atomic E-state index is 13.6. The smallest absolute Gasteiger partial charge is 0.266 e. The van der Waals surface area contributed by atoms with Crippen molar-refractivity contribution in [2.24, 2.45) is 5.73 Å². The third-order valence-electron chi connectivity index (χ3n) is 6.01. The van der Waals surface area contributed by atoms with Gasteiger partial charge in [-0.25, -0.2) is 13.4 Å². The number of fused-ring (bicyclic) bond motifs is 1. The van der Waals surface area contributed by atoms with Crippen LogP contribution in [0.5, 0.6) is 5.75 Å². The van der Waals surface area contributed by atoms with Crippen LogP contribution in [0.15, 0.2) is 65.7 Å². The number of amides is 1. The second-order valence-corrected chi connectivity index (χ2v) is 10.8. The summed E-state index contributed by atoms with van der Waals surface area (Å²) >= 11 is 6.09. The number of nitrogens with zero attached hydrogens (tertiary/aromatic N) is 2. The Balaban J connectivity index is 1.31. The van der Waals surface area contributed by atoms with Crippen molar-refractivity contribution in [3.63, 3.8) is 0 Å². The highest BCUT2D eigenvalue weighted by atomic mass is 35.5. The van der Waals surface area contributed by atoms with Crippen molar-refractivity contribution < 1.29 is 27.1 Å². The molecule has 9 nitrogen and oxygen atoms in total. The van der Waals surface area contributed by atoms with Crippen LogP contribution in [-0.4, -0.2) is 61.0 Å². The minimum Gasteiger partial charge on any atom is -0.491 e. The number of morpholine rings is 1. The molecule has 3 N–H and O–H groups in total. The molecular formula is C25H22ClFN4O5S. The third kappa shape index (κ3) is 5.16. The molecule has 37 heavy (non-hydrogen) atoms. The molecule has 2 aromatic heterocycles. The van der Waals surface area contributed by atoms with Crippen molar-refractivity contribution in [1.29, 1.82) is 0 Å². The van der Waals surface area contributed by atoms with Crippen LogP contribution in [0.1, 0.15) is 10.5 Å². The van der Waals surface area contributed by atoms with E-state index in [-0.39, 0.29) is 42.3 Å². The van der Waals surface area contributed by atoms with Crippen LogP contribution < -0.4 is 10.5 Å². The fraction of sp³-hybridized carbons (Fsp3) is 0.200. The van der Waals surface area contributed by atoms with Gasteiger partial charge in [0.15, 0.2) is 0 Å². The third-order valence-corrected chi connectivity index (χ3v) is 8.20. The van der Waals surface area contributed by atoms with Gasteiger partial charge in [0.05, 0.1) is 6.61 Å². The van der Waals surface area contributed by atoms with Crippen molar-refractivity contribution in [3.8, 4) is 16.9 Å². The topological polar surface area (TPSA) is 128 Å². The molecule has 1 fully saturated rings. The highest BCUT2D eigenvalue weighted by molar-refractivity contribution is 7.89. The van der Waals surface area contributed by atoms with Gasteiger partial charge < -0.3 is 20.2 Å². The molecule has 1 aliphatic rings. The van der Waals surface area contributed by atoms with Crippen LogP contribution in [0.4, 0.5) is 4.39 Å².